The number of thioether (sulfide) groups is 1. The third-order valence-corrected chi connectivity index (χ3v) is 5.03. The molecule has 142 valence electrons. The summed E-state index contributed by atoms with van der Waals surface area (Å²) in [5, 5.41) is 13.6. The summed E-state index contributed by atoms with van der Waals surface area (Å²) in [5.74, 6) is 0.116. The van der Waals surface area contributed by atoms with Gasteiger partial charge in [-0.2, -0.15) is 11.8 Å². The van der Waals surface area contributed by atoms with Gasteiger partial charge in [-0.15, -0.1) is 0 Å². The highest BCUT2D eigenvalue weighted by atomic mass is 32.2. The largest absolute Gasteiger partial charge is 0.341 e. The molecule has 3 N–H and O–H groups in total. The highest BCUT2D eigenvalue weighted by Gasteiger charge is 2.28. The number of amides is 2. The molecule has 1 aromatic rings. The van der Waals surface area contributed by atoms with E-state index in [4.69, 9.17) is 5.73 Å². The third-order valence-electron chi connectivity index (χ3n) is 4.38. The van der Waals surface area contributed by atoms with E-state index in [1.165, 1.54) is 24.3 Å². The van der Waals surface area contributed by atoms with Gasteiger partial charge in [0.05, 0.1) is 4.92 Å². The van der Waals surface area contributed by atoms with Gasteiger partial charge >= 0.3 is 0 Å². The smallest absolute Gasteiger partial charge is 0.270 e. The molecule has 1 aliphatic heterocycles. The molecule has 1 unspecified atom stereocenters. The van der Waals surface area contributed by atoms with E-state index in [2.05, 4.69) is 5.32 Å². The van der Waals surface area contributed by atoms with Crippen molar-refractivity contribution >= 4 is 29.3 Å². The average molecular weight is 380 g/mol. The quantitative estimate of drug-likeness (QED) is 0.545. The van der Waals surface area contributed by atoms with Crippen molar-refractivity contribution in [3.63, 3.8) is 0 Å². The predicted octanol–water partition coefficient (Wildman–Crippen LogP) is 1.40. The lowest BCUT2D eigenvalue weighted by Crippen LogP contribution is -2.52. The monoisotopic (exact) mass is 380 g/mol. The van der Waals surface area contributed by atoms with Crippen molar-refractivity contribution < 1.29 is 14.5 Å². The molecule has 9 heteroatoms. The normalized spacial score (nSPS) is 16.2. The molecule has 1 heterocycles. The number of nitrogens with zero attached hydrogens (tertiary/aromatic N) is 2. The van der Waals surface area contributed by atoms with Gasteiger partial charge in [-0.25, -0.2) is 0 Å². The number of nitrogens with two attached hydrogens (primary N) is 1. The highest BCUT2D eigenvalue weighted by molar-refractivity contribution is 7.98. The van der Waals surface area contributed by atoms with E-state index in [0.29, 0.717) is 19.5 Å². The topological polar surface area (TPSA) is 119 Å². The molecule has 0 bridgehead atoms. The van der Waals surface area contributed by atoms with Gasteiger partial charge in [-0.3, -0.25) is 19.7 Å². The number of nitrogens with one attached hydrogen (secondary N) is 1. The second-order valence-corrected chi connectivity index (χ2v) is 7.26. The standard InChI is InChI=1S/C17H24N4O4S/c1-26-10-7-15(17(23)20-8-5-13(18)6-9-20)19-16(22)12-3-2-4-14(11-12)21(24)25/h2-4,11,13,15H,5-10,18H2,1H3,(H,19,22). The van der Waals surface area contributed by atoms with Crippen molar-refractivity contribution in [1.82, 2.24) is 10.2 Å². The maximum absolute atomic E-state index is 12.8. The number of hydrogen-bond acceptors (Lipinski definition) is 6. The minimum Gasteiger partial charge on any atom is -0.341 e. The lowest BCUT2D eigenvalue weighted by Gasteiger charge is -2.33. The van der Waals surface area contributed by atoms with Gasteiger partial charge in [0.25, 0.3) is 11.6 Å². The molecule has 0 aliphatic carbocycles. The molecule has 0 saturated carbocycles. The Morgan fingerprint density at radius 3 is 2.73 bits per heavy atom. The molecule has 1 aliphatic rings. The fourth-order valence-corrected chi connectivity index (χ4v) is 3.31. The van der Waals surface area contributed by atoms with Crippen molar-refractivity contribution in [1.29, 1.82) is 0 Å². The first-order chi connectivity index (χ1) is 12.4. The Balaban J connectivity index is 2.08. The molecule has 8 nitrogen and oxygen atoms in total. The zero-order valence-corrected chi connectivity index (χ0v) is 15.5. The fourth-order valence-electron chi connectivity index (χ4n) is 2.84. The second-order valence-electron chi connectivity index (χ2n) is 6.28. The van der Waals surface area contributed by atoms with Gasteiger partial charge in [-0.05, 0) is 37.3 Å². The van der Waals surface area contributed by atoms with Crippen LogP contribution in [0.1, 0.15) is 29.6 Å². The molecular weight excluding hydrogens is 356 g/mol. The number of nitro benzene ring substituents is 1. The van der Waals surface area contributed by atoms with Gasteiger partial charge in [0.2, 0.25) is 5.91 Å². The van der Waals surface area contributed by atoms with Crippen molar-refractivity contribution in [2.75, 3.05) is 25.1 Å². The van der Waals surface area contributed by atoms with Crippen molar-refractivity contribution in [2.24, 2.45) is 5.73 Å². The van der Waals surface area contributed by atoms with Crippen LogP contribution in [-0.2, 0) is 4.79 Å². The molecule has 26 heavy (non-hydrogen) atoms. The number of non-ortho nitro benzene ring substituents is 1. The molecule has 1 saturated heterocycles. The molecule has 2 rings (SSSR count). The minimum atomic E-state index is -0.650. The summed E-state index contributed by atoms with van der Waals surface area (Å²) < 4.78 is 0. The minimum absolute atomic E-state index is 0.114. The molecule has 0 aromatic heterocycles. The molecule has 1 atom stereocenters. The highest BCUT2D eigenvalue weighted by Crippen LogP contribution is 2.15. The summed E-state index contributed by atoms with van der Waals surface area (Å²) >= 11 is 1.59. The van der Waals surface area contributed by atoms with Crippen LogP contribution in [0.15, 0.2) is 24.3 Å². The van der Waals surface area contributed by atoms with E-state index >= 15 is 0 Å². The number of carbonyl (C=O) groups excluding carboxylic acids is 2. The Bertz CT molecular complexity index is 662. The number of hydrogen-bond donors (Lipinski definition) is 2. The summed E-state index contributed by atoms with van der Waals surface area (Å²) in [6.07, 6.45) is 3.94. The van der Waals surface area contributed by atoms with Crippen LogP contribution in [0.5, 0.6) is 0 Å². The average Bonchev–Trinajstić information content (AvgIpc) is 2.65. The lowest BCUT2D eigenvalue weighted by atomic mass is 10.0. The van der Waals surface area contributed by atoms with Gasteiger partial charge in [-0.1, -0.05) is 6.07 Å². The van der Waals surface area contributed by atoms with E-state index in [0.717, 1.165) is 18.6 Å². The second kappa shape index (κ2) is 9.54. The van der Waals surface area contributed by atoms with Crippen molar-refractivity contribution in [3.8, 4) is 0 Å². The SMILES string of the molecule is CSCCC(NC(=O)c1cccc([N+](=O)[O-])c1)C(=O)N1CCC(N)CC1. The Kier molecular flexibility index (Phi) is 7.40. The number of rotatable bonds is 7. The van der Waals surface area contributed by atoms with Crippen LogP contribution in [-0.4, -0.2) is 58.8 Å². The van der Waals surface area contributed by atoms with Crippen molar-refractivity contribution in [2.45, 2.75) is 31.3 Å². The van der Waals surface area contributed by atoms with Crippen LogP contribution in [0.3, 0.4) is 0 Å². The van der Waals surface area contributed by atoms with E-state index in [9.17, 15) is 19.7 Å². The fraction of sp³-hybridized carbons (Fsp3) is 0.529. The van der Waals surface area contributed by atoms with Gasteiger partial charge in [0.1, 0.15) is 6.04 Å². The lowest BCUT2D eigenvalue weighted by molar-refractivity contribution is -0.384. The van der Waals surface area contributed by atoms with Gasteiger partial charge in [0.15, 0.2) is 0 Å². The first-order valence-corrected chi connectivity index (χ1v) is 9.90. The summed E-state index contributed by atoms with van der Waals surface area (Å²) in [4.78, 5) is 37.4. The molecule has 0 radical (unpaired) electrons. The molecule has 1 fully saturated rings. The number of nitro groups is 1. The number of piperidine rings is 1. The van der Waals surface area contributed by atoms with Gasteiger partial charge in [0, 0.05) is 36.8 Å². The van der Waals surface area contributed by atoms with E-state index < -0.39 is 16.9 Å². The molecule has 2 amide bonds. The molecule has 1 aromatic carbocycles. The summed E-state index contributed by atoms with van der Waals surface area (Å²) in [6.45, 7) is 1.17. The van der Waals surface area contributed by atoms with Crippen LogP contribution < -0.4 is 11.1 Å². The number of carbonyl (C=O) groups is 2. The summed E-state index contributed by atoms with van der Waals surface area (Å²) in [6, 6.07) is 4.96. The van der Waals surface area contributed by atoms with Crippen LogP contribution in [0.4, 0.5) is 5.69 Å². The number of benzene rings is 1. The zero-order chi connectivity index (χ0) is 19.1. The van der Waals surface area contributed by atoms with E-state index in [1.54, 1.807) is 16.7 Å². The maximum Gasteiger partial charge on any atom is 0.270 e. The Labute approximate surface area is 156 Å². The van der Waals surface area contributed by atoms with Crippen molar-refractivity contribution in [3.05, 3.63) is 39.9 Å². The van der Waals surface area contributed by atoms with Crippen LogP contribution in [0.25, 0.3) is 0 Å². The first-order valence-electron chi connectivity index (χ1n) is 8.51. The Morgan fingerprint density at radius 1 is 1.42 bits per heavy atom. The van der Waals surface area contributed by atoms with Crippen LogP contribution in [0, 0.1) is 10.1 Å². The predicted molar refractivity (Wildman–Crippen MR) is 101 cm³/mol. The Hall–Kier alpha value is -2.13. The maximum atomic E-state index is 12.8. The summed E-state index contributed by atoms with van der Waals surface area (Å²) in [7, 11) is 0. The van der Waals surface area contributed by atoms with Gasteiger partial charge < -0.3 is 16.0 Å². The first kappa shape index (κ1) is 20.2. The number of likely N-dealkylation sites (tertiary alicyclic amines) is 1. The molecular formula is C17H24N4O4S. The third kappa shape index (κ3) is 5.43. The van der Waals surface area contributed by atoms with Crippen LogP contribution >= 0.6 is 11.8 Å². The molecule has 0 spiro atoms. The van der Waals surface area contributed by atoms with E-state index in [1.807, 2.05) is 6.26 Å². The van der Waals surface area contributed by atoms with E-state index in [-0.39, 0.29) is 23.2 Å². The zero-order valence-electron chi connectivity index (χ0n) is 14.7. The Morgan fingerprint density at radius 2 is 2.12 bits per heavy atom. The summed E-state index contributed by atoms with van der Waals surface area (Å²) in [5.41, 5.74) is 5.89. The van der Waals surface area contributed by atoms with Crippen LogP contribution in [0.2, 0.25) is 0 Å².